The molecule has 0 N–H and O–H groups in total. The standard InChI is InChI=1S/C17H20O4S/c1-4-5-10-22-13-8-6-12(7-9-13)11-14-15(18)20-17(2,3)21-16(14)19/h6-9,11H,4-5,10H2,1-3H3. The van der Waals surface area contributed by atoms with Gasteiger partial charge in [0.2, 0.25) is 0 Å². The van der Waals surface area contributed by atoms with E-state index in [1.807, 2.05) is 24.3 Å². The molecule has 1 aliphatic heterocycles. The van der Waals surface area contributed by atoms with Gasteiger partial charge < -0.3 is 9.47 Å². The average molecular weight is 320 g/mol. The van der Waals surface area contributed by atoms with Gasteiger partial charge in [-0.15, -0.1) is 11.8 Å². The first-order valence-electron chi connectivity index (χ1n) is 7.32. The van der Waals surface area contributed by atoms with Gasteiger partial charge in [-0.2, -0.15) is 0 Å². The first kappa shape index (κ1) is 16.6. The number of thioether (sulfide) groups is 1. The van der Waals surface area contributed by atoms with Crippen molar-refractivity contribution in [3.05, 3.63) is 35.4 Å². The third-order valence-electron chi connectivity index (χ3n) is 3.07. The summed E-state index contributed by atoms with van der Waals surface area (Å²) < 4.78 is 10.1. The molecule has 0 saturated carbocycles. The van der Waals surface area contributed by atoms with Crippen molar-refractivity contribution in [3.63, 3.8) is 0 Å². The van der Waals surface area contributed by atoms with Gasteiger partial charge in [0.25, 0.3) is 5.79 Å². The molecule has 0 aromatic heterocycles. The monoisotopic (exact) mass is 320 g/mol. The van der Waals surface area contributed by atoms with Crippen LogP contribution in [0.1, 0.15) is 39.2 Å². The lowest BCUT2D eigenvalue weighted by Crippen LogP contribution is -2.41. The maximum atomic E-state index is 11.9. The molecule has 0 amide bonds. The maximum absolute atomic E-state index is 11.9. The minimum absolute atomic E-state index is 0.0780. The van der Waals surface area contributed by atoms with Gasteiger partial charge in [0.15, 0.2) is 0 Å². The topological polar surface area (TPSA) is 52.6 Å². The summed E-state index contributed by atoms with van der Waals surface area (Å²) in [6, 6.07) is 7.72. The van der Waals surface area contributed by atoms with Crippen LogP contribution in [0.25, 0.3) is 6.08 Å². The van der Waals surface area contributed by atoms with Crippen molar-refractivity contribution in [1.82, 2.24) is 0 Å². The summed E-state index contributed by atoms with van der Waals surface area (Å²) in [6.45, 7) is 5.23. The number of rotatable bonds is 5. The number of esters is 2. The van der Waals surface area contributed by atoms with Crippen molar-refractivity contribution >= 4 is 29.8 Å². The minimum Gasteiger partial charge on any atom is -0.419 e. The molecule has 0 bridgehead atoms. The number of cyclic esters (lactones) is 2. The van der Waals surface area contributed by atoms with Crippen LogP contribution < -0.4 is 0 Å². The molecule has 1 heterocycles. The van der Waals surface area contributed by atoms with Crippen LogP contribution in [0.3, 0.4) is 0 Å². The number of carbonyl (C=O) groups is 2. The molecule has 1 aromatic carbocycles. The smallest absolute Gasteiger partial charge is 0.348 e. The Hall–Kier alpha value is -1.75. The van der Waals surface area contributed by atoms with Crippen LogP contribution in [0.15, 0.2) is 34.7 Å². The minimum atomic E-state index is -1.20. The fourth-order valence-corrected chi connectivity index (χ4v) is 2.94. The van der Waals surface area contributed by atoms with E-state index >= 15 is 0 Å². The summed E-state index contributed by atoms with van der Waals surface area (Å²) in [5.41, 5.74) is 0.689. The Morgan fingerprint density at radius 3 is 2.23 bits per heavy atom. The highest BCUT2D eigenvalue weighted by Gasteiger charge is 2.38. The molecule has 1 fully saturated rings. The van der Waals surface area contributed by atoms with Crippen LogP contribution >= 0.6 is 11.8 Å². The molecule has 1 saturated heterocycles. The molecular weight excluding hydrogens is 300 g/mol. The first-order valence-corrected chi connectivity index (χ1v) is 8.31. The van der Waals surface area contributed by atoms with Crippen molar-refractivity contribution in [1.29, 1.82) is 0 Å². The van der Waals surface area contributed by atoms with E-state index < -0.39 is 17.7 Å². The Balaban J connectivity index is 2.09. The van der Waals surface area contributed by atoms with Gasteiger partial charge in [-0.3, -0.25) is 0 Å². The van der Waals surface area contributed by atoms with Crippen LogP contribution in [-0.4, -0.2) is 23.5 Å². The highest BCUT2D eigenvalue weighted by molar-refractivity contribution is 7.99. The van der Waals surface area contributed by atoms with E-state index in [4.69, 9.17) is 9.47 Å². The predicted molar refractivity (Wildman–Crippen MR) is 86.3 cm³/mol. The Kier molecular flexibility index (Phi) is 5.29. The summed E-state index contributed by atoms with van der Waals surface area (Å²) in [5, 5.41) is 0. The first-order chi connectivity index (χ1) is 10.4. The van der Waals surface area contributed by atoms with Crippen LogP contribution in [0, 0.1) is 0 Å². The lowest BCUT2D eigenvalue weighted by molar-refractivity contribution is -0.222. The van der Waals surface area contributed by atoms with E-state index in [0.717, 1.165) is 11.3 Å². The number of unbranched alkanes of at least 4 members (excludes halogenated alkanes) is 1. The van der Waals surface area contributed by atoms with Crippen LogP contribution in [-0.2, 0) is 19.1 Å². The van der Waals surface area contributed by atoms with Crippen LogP contribution in [0.4, 0.5) is 0 Å². The molecule has 0 atom stereocenters. The summed E-state index contributed by atoms with van der Waals surface area (Å²) in [6.07, 6.45) is 3.86. The molecule has 4 nitrogen and oxygen atoms in total. The lowest BCUT2D eigenvalue weighted by Gasteiger charge is -2.29. The molecule has 22 heavy (non-hydrogen) atoms. The van der Waals surface area contributed by atoms with Crippen LogP contribution in [0.2, 0.25) is 0 Å². The van der Waals surface area contributed by atoms with E-state index in [2.05, 4.69) is 6.92 Å². The van der Waals surface area contributed by atoms with Crippen molar-refractivity contribution in [2.45, 2.75) is 44.3 Å². The van der Waals surface area contributed by atoms with Gasteiger partial charge >= 0.3 is 11.9 Å². The summed E-state index contributed by atoms with van der Waals surface area (Å²) in [5.74, 6) is -1.42. The fourth-order valence-electron chi connectivity index (χ4n) is 1.94. The molecule has 0 unspecified atom stereocenters. The number of hydrogen-bond donors (Lipinski definition) is 0. The SMILES string of the molecule is CCCCSc1ccc(C=C2C(=O)OC(C)(C)OC2=O)cc1. The van der Waals surface area contributed by atoms with E-state index in [1.54, 1.807) is 11.8 Å². The highest BCUT2D eigenvalue weighted by Crippen LogP contribution is 2.25. The van der Waals surface area contributed by atoms with Crippen molar-refractivity contribution in [2.24, 2.45) is 0 Å². The van der Waals surface area contributed by atoms with E-state index in [-0.39, 0.29) is 5.57 Å². The van der Waals surface area contributed by atoms with Crippen molar-refractivity contribution in [2.75, 3.05) is 5.75 Å². The number of hydrogen-bond acceptors (Lipinski definition) is 5. The van der Waals surface area contributed by atoms with Gasteiger partial charge in [-0.1, -0.05) is 25.5 Å². The molecule has 0 aliphatic carbocycles. The Morgan fingerprint density at radius 1 is 1.09 bits per heavy atom. The lowest BCUT2D eigenvalue weighted by atomic mass is 10.1. The third kappa shape index (κ3) is 4.37. The highest BCUT2D eigenvalue weighted by atomic mass is 32.2. The second-order valence-corrected chi connectivity index (χ2v) is 6.68. The normalized spacial score (nSPS) is 17.0. The molecule has 0 spiro atoms. The quantitative estimate of drug-likeness (QED) is 0.271. The Labute approximate surface area is 134 Å². The van der Waals surface area contributed by atoms with E-state index in [9.17, 15) is 9.59 Å². The predicted octanol–water partition coefficient (Wildman–Crippen LogP) is 3.80. The molecule has 1 aromatic rings. The zero-order chi connectivity index (χ0) is 16.2. The van der Waals surface area contributed by atoms with E-state index in [0.29, 0.717) is 0 Å². The van der Waals surface area contributed by atoms with Gasteiger partial charge in [0.1, 0.15) is 5.57 Å². The largest absolute Gasteiger partial charge is 0.419 e. The van der Waals surface area contributed by atoms with Gasteiger partial charge in [-0.25, -0.2) is 9.59 Å². The molecule has 0 radical (unpaired) electrons. The van der Waals surface area contributed by atoms with Crippen LogP contribution in [0.5, 0.6) is 0 Å². The Bertz CT molecular complexity index is 565. The maximum Gasteiger partial charge on any atom is 0.348 e. The molecular formula is C17H20O4S. The second-order valence-electron chi connectivity index (χ2n) is 5.51. The van der Waals surface area contributed by atoms with Gasteiger partial charge in [-0.05, 0) is 35.9 Å². The number of ether oxygens (including phenoxy) is 2. The van der Waals surface area contributed by atoms with Gasteiger partial charge in [0, 0.05) is 18.7 Å². The zero-order valence-corrected chi connectivity index (χ0v) is 13.9. The van der Waals surface area contributed by atoms with Crippen molar-refractivity contribution in [3.8, 4) is 0 Å². The molecule has 2 rings (SSSR count). The average Bonchev–Trinajstić information content (AvgIpc) is 2.44. The van der Waals surface area contributed by atoms with E-state index in [1.165, 1.54) is 37.7 Å². The second kappa shape index (κ2) is 7.01. The summed E-state index contributed by atoms with van der Waals surface area (Å²) in [4.78, 5) is 24.9. The fraction of sp³-hybridized carbons (Fsp3) is 0.412. The third-order valence-corrected chi connectivity index (χ3v) is 4.17. The van der Waals surface area contributed by atoms with Gasteiger partial charge in [0.05, 0.1) is 0 Å². The Morgan fingerprint density at radius 2 is 1.68 bits per heavy atom. The molecule has 118 valence electrons. The number of carbonyl (C=O) groups excluding carboxylic acids is 2. The number of benzene rings is 1. The summed E-state index contributed by atoms with van der Waals surface area (Å²) >= 11 is 1.80. The van der Waals surface area contributed by atoms with Crippen molar-refractivity contribution < 1.29 is 19.1 Å². The zero-order valence-electron chi connectivity index (χ0n) is 13.0. The molecule has 5 heteroatoms. The molecule has 1 aliphatic rings. The summed E-state index contributed by atoms with van der Waals surface area (Å²) in [7, 11) is 0.